The van der Waals surface area contributed by atoms with Crippen molar-refractivity contribution in [1.29, 1.82) is 0 Å². The summed E-state index contributed by atoms with van der Waals surface area (Å²) < 4.78 is 27.4. The van der Waals surface area contributed by atoms with Crippen LogP contribution < -0.4 is 15.8 Å². The van der Waals surface area contributed by atoms with Crippen molar-refractivity contribution in [3.05, 3.63) is 71.6 Å². The van der Waals surface area contributed by atoms with E-state index in [0.717, 1.165) is 11.3 Å². The maximum atomic E-state index is 12.7. The Morgan fingerprint density at radius 1 is 1.03 bits per heavy atom. The van der Waals surface area contributed by atoms with Crippen molar-refractivity contribution in [2.75, 3.05) is 15.8 Å². The highest BCUT2D eigenvalue weighted by molar-refractivity contribution is 8.00. The van der Waals surface area contributed by atoms with Gasteiger partial charge in [0.2, 0.25) is 5.91 Å². The number of thioether (sulfide) groups is 1. The Balaban J connectivity index is 1.76. The van der Waals surface area contributed by atoms with Gasteiger partial charge in [-0.2, -0.15) is 0 Å². The van der Waals surface area contributed by atoms with Gasteiger partial charge in [-0.15, -0.1) is 23.1 Å². The molecule has 29 heavy (non-hydrogen) atoms. The van der Waals surface area contributed by atoms with Crippen LogP contribution in [0.4, 0.5) is 11.4 Å². The average molecular weight is 448 g/mol. The molecule has 0 saturated heterocycles. The maximum Gasteiger partial charge on any atom is 0.271 e. The van der Waals surface area contributed by atoms with Crippen molar-refractivity contribution in [3.8, 4) is 0 Å². The fraction of sp³-hybridized carbons (Fsp3) is 0.0526. The van der Waals surface area contributed by atoms with Crippen molar-refractivity contribution >= 4 is 56.3 Å². The number of thiophene rings is 1. The number of nitrogens with two attached hydrogens (primary N) is 1. The molecule has 4 N–H and O–H groups in total. The second-order valence-corrected chi connectivity index (χ2v) is 9.70. The van der Waals surface area contributed by atoms with Gasteiger partial charge in [-0.1, -0.05) is 24.3 Å². The van der Waals surface area contributed by atoms with Crippen LogP contribution in [0.2, 0.25) is 0 Å². The number of para-hydroxylation sites is 1. The molecule has 7 nitrogen and oxygen atoms in total. The van der Waals surface area contributed by atoms with Crippen LogP contribution >= 0.6 is 23.1 Å². The normalized spacial score (nSPS) is 11.0. The number of sulfonamides is 1. The Labute approximate surface area is 176 Å². The Morgan fingerprint density at radius 3 is 2.55 bits per heavy atom. The molecule has 0 bridgehead atoms. The van der Waals surface area contributed by atoms with Crippen LogP contribution in [0.3, 0.4) is 0 Å². The van der Waals surface area contributed by atoms with Gasteiger partial charge in [-0.25, -0.2) is 8.42 Å². The number of hydrogen-bond acceptors (Lipinski definition) is 6. The minimum Gasteiger partial charge on any atom is -0.369 e. The van der Waals surface area contributed by atoms with Gasteiger partial charge in [0.15, 0.2) is 0 Å². The molecule has 3 aromatic rings. The van der Waals surface area contributed by atoms with E-state index in [2.05, 4.69) is 10.0 Å². The molecule has 150 valence electrons. The van der Waals surface area contributed by atoms with Crippen LogP contribution in [-0.2, 0) is 14.8 Å². The fourth-order valence-electron chi connectivity index (χ4n) is 2.38. The lowest BCUT2D eigenvalue weighted by Crippen LogP contribution is -2.15. The number of hydrogen-bond donors (Lipinski definition) is 3. The van der Waals surface area contributed by atoms with Gasteiger partial charge in [-0.3, -0.25) is 14.3 Å². The SMILES string of the molecule is NC(=O)CSc1ccccc1NC(=O)c1cccc(NS(=O)(=O)c2cccs2)c1. The van der Waals surface area contributed by atoms with E-state index < -0.39 is 21.8 Å². The minimum atomic E-state index is -3.70. The van der Waals surface area contributed by atoms with E-state index in [1.165, 1.54) is 23.9 Å². The zero-order valence-corrected chi connectivity index (χ0v) is 17.4. The molecule has 0 fully saturated rings. The standard InChI is InChI=1S/C19H17N3O4S3/c20-17(23)12-28-16-8-2-1-7-15(16)21-19(24)13-5-3-6-14(11-13)22-29(25,26)18-9-4-10-27-18/h1-11,22H,12H2,(H2,20,23)(H,21,24). The fourth-order valence-corrected chi connectivity index (χ4v) is 5.17. The molecule has 1 heterocycles. The van der Waals surface area contributed by atoms with E-state index in [1.54, 1.807) is 53.9 Å². The topological polar surface area (TPSA) is 118 Å². The summed E-state index contributed by atoms with van der Waals surface area (Å²) in [7, 11) is -3.70. The average Bonchev–Trinajstić information content (AvgIpc) is 3.23. The van der Waals surface area contributed by atoms with Gasteiger partial charge in [0.1, 0.15) is 4.21 Å². The predicted molar refractivity (Wildman–Crippen MR) is 116 cm³/mol. The summed E-state index contributed by atoms with van der Waals surface area (Å²) in [5.41, 5.74) is 6.28. The third kappa shape index (κ3) is 5.59. The van der Waals surface area contributed by atoms with Crippen molar-refractivity contribution in [1.82, 2.24) is 0 Å². The highest BCUT2D eigenvalue weighted by atomic mass is 32.2. The summed E-state index contributed by atoms with van der Waals surface area (Å²) in [4.78, 5) is 24.4. The Kier molecular flexibility index (Phi) is 6.57. The van der Waals surface area contributed by atoms with Crippen molar-refractivity contribution in [3.63, 3.8) is 0 Å². The molecule has 0 aliphatic carbocycles. The van der Waals surface area contributed by atoms with Crippen molar-refractivity contribution in [2.45, 2.75) is 9.10 Å². The van der Waals surface area contributed by atoms with Gasteiger partial charge in [0, 0.05) is 16.1 Å². The van der Waals surface area contributed by atoms with Gasteiger partial charge >= 0.3 is 0 Å². The first-order valence-corrected chi connectivity index (χ1v) is 11.7. The van der Waals surface area contributed by atoms with Crippen LogP contribution in [0.5, 0.6) is 0 Å². The summed E-state index contributed by atoms with van der Waals surface area (Å²) in [5.74, 6) is -0.775. The Morgan fingerprint density at radius 2 is 1.83 bits per heavy atom. The first-order chi connectivity index (χ1) is 13.8. The van der Waals surface area contributed by atoms with Crippen LogP contribution in [0.1, 0.15) is 10.4 Å². The zero-order valence-electron chi connectivity index (χ0n) is 15.0. The highest BCUT2D eigenvalue weighted by Crippen LogP contribution is 2.27. The third-order valence-electron chi connectivity index (χ3n) is 3.64. The number of carbonyl (C=O) groups is 2. The van der Waals surface area contributed by atoms with E-state index in [9.17, 15) is 18.0 Å². The summed E-state index contributed by atoms with van der Waals surface area (Å²) >= 11 is 2.33. The number of carbonyl (C=O) groups excluding carboxylic acids is 2. The number of primary amides is 1. The maximum absolute atomic E-state index is 12.7. The third-order valence-corrected chi connectivity index (χ3v) is 7.52. The van der Waals surface area contributed by atoms with Crippen molar-refractivity contribution in [2.24, 2.45) is 5.73 Å². The van der Waals surface area contributed by atoms with Crippen LogP contribution in [0.25, 0.3) is 0 Å². The lowest BCUT2D eigenvalue weighted by Gasteiger charge is -2.11. The molecular weight excluding hydrogens is 430 g/mol. The van der Waals surface area contributed by atoms with Gasteiger partial charge in [0.25, 0.3) is 15.9 Å². The molecule has 0 unspecified atom stereocenters. The van der Waals surface area contributed by atoms with Crippen LogP contribution in [0, 0.1) is 0 Å². The summed E-state index contributed by atoms with van der Waals surface area (Å²) in [6.07, 6.45) is 0. The first kappa shape index (κ1) is 20.9. The lowest BCUT2D eigenvalue weighted by molar-refractivity contribution is -0.115. The van der Waals surface area contributed by atoms with Crippen molar-refractivity contribution < 1.29 is 18.0 Å². The number of anilines is 2. The first-order valence-electron chi connectivity index (χ1n) is 8.33. The van der Waals surface area contributed by atoms with E-state index in [4.69, 9.17) is 5.73 Å². The highest BCUT2D eigenvalue weighted by Gasteiger charge is 2.16. The Hall–Kier alpha value is -2.82. The van der Waals surface area contributed by atoms with E-state index in [0.29, 0.717) is 10.6 Å². The molecule has 0 aliphatic rings. The largest absolute Gasteiger partial charge is 0.369 e. The van der Waals surface area contributed by atoms with E-state index in [-0.39, 0.29) is 21.2 Å². The number of rotatable bonds is 8. The van der Waals surface area contributed by atoms with Gasteiger partial charge < -0.3 is 11.1 Å². The van der Waals surface area contributed by atoms with Gasteiger partial charge in [0.05, 0.1) is 11.4 Å². The number of nitrogens with one attached hydrogen (secondary N) is 2. The Bertz CT molecular complexity index is 1130. The van der Waals surface area contributed by atoms with Crippen LogP contribution in [-0.4, -0.2) is 26.0 Å². The summed E-state index contributed by atoms with van der Waals surface area (Å²) in [5, 5.41) is 4.45. The smallest absolute Gasteiger partial charge is 0.271 e. The lowest BCUT2D eigenvalue weighted by atomic mass is 10.2. The summed E-state index contributed by atoms with van der Waals surface area (Å²) in [6, 6.07) is 16.4. The molecule has 2 aromatic carbocycles. The second-order valence-electron chi connectivity index (χ2n) is 5.82. The van der Waals surface area contributed by atoms with E-state index in [1.807, 2.05) is 0 Å². The molecular formula is C19H17N3O4S3. The van der Waals surface area contributed by atoms with Gasteiger partial charge in [-0.05, 0) is 41.8 Å². The molecule has 0 spiro atoms. The minimum absolute atomic E-state index is 0.0901. The molecule has 2 amide bonds. The molecule has 0 radical (unpaired) electrons. The zero-order chi connectivity index (χ0) is 20.9. The molecule has 1 aromatic heterocycles. The number of benzene rings is 2. The molecule has 10 heteroatoms. The molecule has 0 atom stereocenters. The molecule has 0 aliphatic heterocycles. The quantitative estimate of drug-likeness (QED) is 0.458. The molecule has 3 rings (SSSR count). The molecule has 0 saturated carbocycles. The summed E-state index contributed by atoms with van der Waals surface area (Å²) in [6.45, 7) is 0. The predicted octanol–water partition coefficient (Wildman–Crippen LogP) is 3.38. The second kappa shape index (κ2) is 9.12. The van der Waals surface area contributed by atoms with E-state index >= 15 is 0 Å². The number of amides is 2. The monoisotopic (exact) mass is 447 g/mol. The van der Waals surface area contributed by atoms with Crippen LogP contribution in [0.15, 0.2) is 75.1 Å².